The second kappa shape index (κ2) is 8.57. The van der Waals surface area contributed by atoms with E-state index < -0.39 is 0 Å². The van der Waals surface area contributed by atoms with Crippen molar-refractivity contribution in [1.29, 1.82) is 0 Å². The second-order valence-electron chi connectivity index (χ2n) is 5.70. The van der Waals surface area contributed by atoms with Gasteiger partial charge in [-0.2, -0.15) is 0 Å². The van der Waals surface area contributed by atoms with Gasteiger partial charge in [0.15, 0.2) is 0 Å². The molecule has 1 N–H and O–H groups in total. The zero-order valence-electron chi connectivity index (χ0n) is 14.5. The van der Waals surface area contributed by atoms with E-state index in [-0.39, 0.29) is 11.9 Å². The van der Waals surface area contributed by atoms with Crippen molar-refractivity contribution in [2.75, 3.05) is 5.75 Å². The minimum atomic E-state index is -0.129. The van der Waals surface area contributed by atoms with Crippen molar-refractivity contribution in [2.24, 2.45) is 0 Å². The van der Waals surface area contributed by atoms with E-state index in [1.807, 2.05) is 26.0 Å². The van der Waals surface area contributed by atoms with Gasteiger partial charge < -0.3 is 9.73 Å². The number of carbonyl (C=O) groups excluding carboxylic acids is 1. The molecule has 0 saturated carbocycles. The first-order chi connectivity index (χ1) is 12.6. The largest absolute Gasteiger partial charge is 0.411 e. The number of nitrogens with zero attached hydrogens (tertiary/aromatic N) is 4. The predicted molar refractivity (Wildman–Crippen MR) is 98.4 cm³/mol. The highest BCUT2D eigenvalue weighted by molar-refractivity contribution is 7.99. The summed E-state index contributed by atoms with van der Waals surface area (Å²) in [6.07, 6.45) is 5.42. The third-order valence-corrected chi connectivity index (χ3v) is 4.55. The molecule has 7 nitrogen and oxygen atoms in total. The highest BCUT2D eigenvalue weighted by Crippen LogP contribution is 2.23. The van der Waals surface area contributed by atoms with Gasteiger partial charge in [0.25, 0.3) is 5.22 Å². The zero-order valence-corrected chi connectivity index (χ0v) is 15.4. The zero-order chi connectivity index (χ0) is 18.4. The van der Waals surface area contributed by atoms with Gasteiger partial charge in [-0.3, -0.25) is 14.8 Å². The molecule has 3 aromatic rings. The molecule has 1 atom stereocenters. The van der Waals surface area contributed by atoms with Crippen LogP contribution in [0.2, 0.25) is 0 Å². The minimum Gasteiger partial charge on any atom is -0.411 e. The maximum Gasteiger partial charge on any atom is 0.276 e. The number of pyridine rings is 2. The number of nitrogens with one attached hydrogen (secondary N) is 1. The molecule has 0 saturated heterocycles. The fourth-order valence-electron chi connectivity index (χ4n) is 2.44. The van der Waals surface area contributed by atoms with Crippen LogP contribution in [0.5, 0.6) is 0 Å². The minimum absolute atomic E-state index is 0.0380. The van der Waals surface area contributed by atoms with Gasteiger partial charge in [0, 0.05) is 36.3 Å². The Labute approximate surface area is 155 Å². The fourth-order valence-corrected chi connectivity index (χ4v) is 3.14. The van der Waals surface area contributed by atoms with Crippen LogP contribution in [-0.4, -0.2) is 31.8 Å². The molecule has 0 aromatic carbocycles. The van der Waals surface area contributed by atoms with Crippen LogP contribution in [0.4, 0.5) is 0 Å². The number of hydrogen-bond donors (Lipinski definition) is 1. The van der Waals surface area contributed by atoms with Gasteiger partial charge in [0.05, 0.1) is 11.7 Å². The smallest absolute Gasteiger partial charge is 0.276 e. The average molecular weight is 369 g/mol. The summed E-state index contributed by atoms with van der Waals surface area (Å²) in [5.74, 6) is 0.958. The Hall–Kier alpha value is -2.74. The molecule has 0 radical (unpaired) electrons. The molecular formula is C18H19N5O2S. The summed E-state index contributed by atoms with van der Waals surface area (Å²) in [6, 6.07) is 7.34. The van der Waals surface area contributed by atoms with Gasteiger partial charge in [-0.1, -0.05) is 17.8 Å². The Kier molecular flexibility index (Phi) is 5.96. The molecule has 0 unspecified atom stereocenters. The standard InChI is InChI=1S/C18H19N5O2S/c1-12-4-3-8-20-16(12)13(2)21-15(24)7-11-26-18-23-22-17(25-18)14-5-9-19-10-6-14/h3-6,8-10,13H,7,11H2,1-2H3,(H,21,24)/t13-/m1/s1. The molecular weight excluding hydrogens is 350 g/mol. The summed E-state index contributed by atoms with van der Waals surface area (Å²) >= 11 is 1.36. The summed E-state index contributed by atoms with van der Waals surface area (Å²) in [5, 5.41) is 11.4. The van der Waals surface area contributed by atoms with E-state index in [1.165, 1.54) is 11.8 Å². The summed E-state index contributed by atoms with van der Waals surface area (Å²) < 4.78 is 5.59. The van der Waals surface area contributed by atoms with Gasteiger partial charge >= 0.3 is 0 Å². The van der Waals surface area contributed by atoms with Crippen molar-refractivity contribution >= 4 is 17.7 Å². The molecule has 3 rings (SSSR count). The number of hydrogen-bond acceptors (Lipinski definition) is 7. The molecule has 134 valence electrons. The first-order valence-corrected chi connectivity index (χ1v) is 9.19. The van der Waals surface area contributed by atoms with Crippen molar-refractivity contribution in [1.82, 2.24) is 25.5 Å². The lowest BCUT2D eigenvalue weighted by molar-refractivity contribution is -0.121. The molecule has 0 aliphatic heterocycles. The summed E-state index contributed by atoms with van der Waals surface area (Å²) in [4.78, 5) is 20.4. The number of rotatable bonds is 7. The van der Waals surface area contributed by atoms with Crippen LogP contribution in [0.25, 0.3) is 11.5 Å². The van der Waals surface area contributed by atoms with Crippen LogP contribution in [0, 0.1) is 6.92 Å². The highest BCUT2D eigenvalue weighted by atomic mass is 32.2. The number of thioether (sulfide) groups is 1. The van der Waals surface area contributed by atoms with Crippen molar-refractivity contribution in [3.8, 4) is 11.5 Å². The monoisotopic (exact) mass is 369 g/mol. The number of amides is 1. The Morgan fingerprint density at radius 2 is 2.04 bits per heavy atom. The van der Waals surface area contributed by atoms with E-state index in [0.717, 1.165) is 16.8 Å². The molecule has 0 aliphatic rings. The molecule has 26 heavy (non-hydrogen) atoms. The number of aryl methyl sites for hydroxylation is 1. The van der Waals surface area contributed by atoms with Gasteiger partial charge in [0.1, 0.15) is 0 Å². The maximum absolute atomic E-state index is 12.1. The number of aromatic nitrogens is 4. The van der Waals surface area contributed by atoms with E-state index >= 15 is 0 Å². The third kappa shape index (κ3) is 4.66. The van der Waals surface area contributed by atoms with E-state index in [9.17, 15) is 4.79 Å². The van der Waals surface area contributed by atoms with Crippen LogP contribution in [0.3, 0.4) is 0 Å². The Morgan fingerprint density at radius 1 is 1.23 bits per heavy atom. The van der Waals surface area contributed by atoms with Gasteiger partial charge in [-0.15, -0.1) is 10.2 Å². The van der Waals surface area contributed by atoms with E-state index in [4.69, 9.17) is 4.42 Å². The van der Waals surface area contributed by atoms with Gasteiger partial charge in [-0.25, -0.2) is 0 Å². The lowest BCUT2D eigenvalue weighted by Gasteiger charge is -2.15. The molecule has 8 heteroatoms. The van der Waals surface area contributed by atoms with Gasteiger partial charge in [-0.05, 0) is 37.6 Å². The molecule has 3 aromatic heterocycles. The lowest BCUT2D eigenvalue weighted by atomic mass is 10.1. The summed E-state index contributed by atoms with van der Waals surface area (Å²) in [7, 11) is 0. The summed E-state index contributed by atoms with van der Waals surface area (Å²) in [5.41, 5.74) is 2.76. The quantitative estimate of drug-likeness (QED) is 0.639. The Morgan fingerprint density at radius 3 is 2.81 bits per heavy atom. The maximum atomic E-state index is 12.1. The number of carbonyl (C=O) groups is 1. The van der Waals surface area contributed by atoms with Crippen molar-refractivity contribution in [3.05, 3.63) is 54.1 Å². The second-order valence-corrected chi connectivity index (χ2v) is 6.75. The van der Waals surface area contributed by atoms with Crippen molar-refractivity contribution in [2.45, 2.75) is 31.5 Å². The molecule has 3 heterocycles. The normalized spacial score (nSPS) is 11.9. The molecule has 0 fully saturated rings. The molecule has 0 aliphatic carbocycles. The van der Waals surface area contributed by atoms with Crippen LogP contribution in [-0.2, 0) is 4.79 Å². The topological polar surface area (TPSA) is 93.8 Å². The van der Waals surface area contributed by atoms with Crippen molar-refractivity contribution in [3.63, 3.8) is 0 Å². The SMILES string of the molecule is Cc1cccnc1[C@@H](C)NC(=O)CCSc1nnc(-c2ccncc2)o1. The van der Waals surface area contributed by atoms with Gasteiger partial charge in [0.2, 0.25) is 11.8 Å². The predicted octanol–water partition coefficient (Wildman–Crippen LogP) is 3.19. The first-order valence-electron chi connectivity index (χ1n) is 8.21. The van der Waals surface area contributed by atoms with E-state index in [0.29, 0.717) is 23.3 Å². The Balaban J connectivity index is 1.47. The average Bonchev–Trinajstić information content (AvgIpc) is 3.11. The first kappa shape index (κ1) is 18.1. The Bertz CT molecular complexity index is 869. The molecule has 0 spiro atoms. The fraction of sp³-hybridized carbons (Fsp3) is 0.278. The molecule has 0 bridgehead atoms. The van der Waals surface area contributed by atoms with Crippen LogP contribution >= 0.6 is 11.8 Å². The van der Waals surface area contributed by atoms with Crippen molar-refractivity contribution < 1.29 is 9.21 Å². The van der Waals surface area contributed by atoms with E-state index in [1.54, 1.807) is 30.7 Å². The highest BCUT2D eigenvalue weighted by Gasteiger charge is 2.14. The lowest BCUT2D eigenvalue weighted by Crippen LogP contribution is -2.27. The summed E-state index contributed by atoms with van der Waals surface area (Å²) in [6.45, 7) is 3.91. The molecule has 1 amide bonds. The van der Waals surface area contributed by atoms with Crippen LogP contribution in [0.15, 0.2) is 52.5 Å². The van der Waals surface area contributed by atoms with E-state index in [2.05, 4.69) is 25.5 Å². The van der Waals surface area contributed by atoms with Crippen LogP contribution < -0.4 is 5.32 Å². The third-order valence-electron chi connectivity index (χ3n) is 3.73. The van der Waals surface area contributed by atoms with Crippen LogP contribution in [0.1, 0.15) is 30.6 Å².